The first-order chi connectivity index (χ1) is 18.4. The van der Waals surface area contributed by atoms with Gasteiger partial charge >= 0.3 is 0 Å². The van der Waals surface area contributed by atoms with Crippen molar-refractivity contribution in [1.82, 2.24) is 19.3 Å². The van der Waals surface area contributed by atoms with Gasteiger partial charge in [-0.3, -0.25) is 9.36 Å². The minimum absolute atomic E-state index is 0.115. The van der Waals surface area contributed by atoms with E-state index in [1.54, 1.807) is 0 Å². The van der Waals surface area contributed by atoms with E-state index >= 15 is 0 Å². The highest BCUT2D eigenvalue weighted by atomic mass is 16.1. The monoisotopic (exact) mass is 499 g/mol. The molecule has 0 amide bonds. The summed E-state index contributed by atoms with van der Waals surface area (Å²) in [4.78, 5) is 18.9. The first-order valence-electron chi connectivity index (χ1n) is 13.1. The highest BCUT2D eigenvalue weighted by molar-refractivity contribution is 6.01. The van der Waals surface area contributed by atoms with Crippen molar-refractivity contribution in [1.29, 1.82) is 0 Å². The summed E-state index contributed by atoms with van der Waals surface area (Å²) in [6.07, 6.45) is 3.40. The summed E-state index contributed by atoms with van der Waals surface area (Å²) in [7, 11) is 0. The number of nitrogens with one attached hydrogen (secondary N) is 1. The van der Waals surface area contributed by atoms with E-state index < -0.39 is 0 Å². The van der Waals surface area contributed by atoms with Gasteiger partial charge in [0.1, 0.15) is 0 Å². The van der Waals surface area contributed by atoms with Crippen LogP contribution in [0, 0.1) is 12.3 Å². The zero-order chi connectivity index (χ0) is 26.0. The molecule has 38 heavy (non-hydrogen) atoms. The lowest BCUT2D eigenvalue weighted by atomic mass is 9.73. The number of aryl methyl sites for hydroxylation is 1. The predicted molar refractivity (Wildman–Crippen MR) is 150 cm³/mol. The molecule has 0 saturated carbocycles. The van der Waals surface area contributed by atoms with Crippen LogP contribution in [0.3, 0.4) is 0 Å². The average Bonchev–Trinajstić information content (AvgIpc) is 3.50. The van der Waals surface area contributed by atoms with E-state index in [1.807, 2.05) is 41.1 Å². The van der Waals surface area contributed by atoms with Gasteiger partial charge in [0.25, 0.3) is 0 Å². The molecule has 3 heterocycles. The lowest BCUT2D eigenvalue weighted by Gasteiger charge is -2.39. The Labute approximate surface area is 221 Å². The van der Waals surface area contributed by atoms with Crippen molar-refractivity contribution in [3.8, 4) is 16.9 Å². The number of carbonyl (C=O) groups excluding carboxylic acids is 1. The van der Waals surface area contributed by atoms with Gasteiger partial charge in [0.05, 0.1) is 28.5 Å². The van der Waals surface area contributed by atoms with Crippen LogP contribution in [0.25, 0.3) is 28.0 Å². The van der Waals surface area contributed by atoms with Gasteiger partial charge in [0, 0.05) is 35.0 Å². The fraction of sp³-hybridized carbons (Fsp3) is 0.219. The molecule has 0 spiro atoms. The van der Waals surface area contributed by atoms with Crippen molar-refractivity contribution in [3.05, 3.63) is 107 Å². The number of carbonyl (C=O) groups is 1. The van der Waals surface area contributed by atoms with Gasteiger partial charge in [-0.2, -0.15) is 5.10 Å². The molecule has 1 N–H and O–H groups in total. The van der Waals surface area contributed by atoms with Gasteiger partial charge in [0.15, 0.2) is 5.78 Å². The van der Waals surface area contributed by atoms with Gasteiger partial charge < -0.3 is 5.32 Å². The minimum atomic E-state index is -0.342. The van der Waals surface area contributed by atoms with Crippen molar-refractivity contribution < 1.29 is 4.79 Å². The van der Waals surface area contributed by atoms with Gasteiger partial charge in [-0.1, -0.05) is 74.0 Å². The zero-order valence-corrected chi connectivity index (χ0v) is 21.8. The van der Waals surface area contributed by atoms with Crippen LogP contribution in [0.1, 0.15) is 43.9 Å². The van der Waals surface area contributed by atoms with Crippen LogP contribution >= 0.6 is 0 Å². The number of ketones is 1. The number of para-hydroxylation sites is 3. The maximum atomic E-state index is 13.9. The summed E-state index contributed by atoms with van der Waals surface area (Å²) in [6.45, 7) is 6.41. The second kappa shape index (κ2) is 8.28. The number of allylic oxidation sites excluding steroid dienone is 2. The van der Waals surface area contributed by atoms with Crippen LogP contribution in [0.4, 0.5) is 5.95 Å². The van der Waals surface area contributed by atoms with Crippen molar-refractivity contribution in [3.63, 3.8) is 0 Å². The van der Waals surface area contributed by atoms with E-state index in [2.05, 4.69) is 79.3 Å². The summed E-state index contributed by atoms with van der Waals surface area (Å²) in [6, 6.07) is 26.4. The van der Waals surface area contributed by atoms with Crippen molar-refractivity contribution >= 4 is 22.8 Å². The maximum Gasteiger partial charge on any atom is 0.209 e. The normalized spacial score (nSPS) is 18.3. The predicted octanol–water partition coefficient (Wildman–Crippen LogP) is 6.86. The number of fused-ring (bicyclic) bond motifs is 3. The molecule has 2 aromatic heterocycles. The molecule has 6 heteroatoms. The molecule has 0 fully saturated rings. The molecular weight excluding hydrogens is 470 g/mol. The number of aromatic nitrogens is 4. The topological polar surface area (TPSA) is 64.7 Å². The zero-order valence-electron chi connectivity index (χ0n) is 21.8. The van der Waals surface area contributed by atoms with E-state index in [0.29, 0.717) is 6.42 Å². The molecule has 3 aromatic carbocycles. The van der Waals surface area contributed by atoms with E-state index in [9.17, 15) is 4.79 Å². The third-order valence-corrected chi connectivity index (χ3v) is 7.69. The van der Waals surface area contributed by atoms with Crippen molar-refractivity contribution in [2.24, 2.45) is 5.41 Å². The van der Waals surface area contributed by atoms with E-state index in [-0.39, 0.29) is 17.2 Å². The summed E-state index contributed by atoms with van der Waals surface area (Å²) in [5.74, 6) is 0.947. The molecule has 1 atom stereocenters. The molecule has 1 aliphatic heterocycles. The molecule has 188 valence electrons. The Bertz CT molecular complexity index is 1740. The Balaban J connectivity index is 1.53. The first kappa shape index (κ1) is 22.7. The van der Waals surface area contributed by atoms with Gasteiger partial charge in [0.2, 0.25) is 5.95 Å². The number of nitrogens with zero attached hydrogens (tertiary/aromatic N) is 4. The van der Waals surface area contributed by atoms with Gasteiger partial charge in [-0.05, 0) is 43.0 Å². The van der Waals surface area contributed by atoms with E-state index in [1.165, 1.54) is 5.56 Å². The molecular formula is C32H29N5O. The SMILES string of the molecule is Cc1ccc(-c2nn(-c3ccccc3)cc2[C@H]2C3=C(CC(C)(C)CC3=O)Nc3nc4ccccc4n32)cc1. The Kier molecular flexibility index (Phi) is 4.95. The molecule has 0 bridgehead atoms. The molecule has 5 aromatic rings. The highest BCUT2D eigenvalue weighted by Crippen LogP contribution is 2.48. The molecule has 0 radical (unpaired) electrons. The first-order valence-corrected chi connectivity index (χ1v) is 13.1. The third-order valence-electron chi connectivity index (χ3n) is 7.69. The number of Topliss-reactive ketones (excluding diaryl/α,β-unsaturated/α-hetero) is 1. The highest BCUT2D eigenvalue weighted by Gasteiger charge is 2.43. The van der Waals surface area contributed by atoms with Crippen molar-refractivity contribution in [2.45, 2.75) is 39.7 Å². The van der Waals surface area contributed by atoms with E-state index in [0.717, 1.165) is 57.2 Å². The minimum Gasteiger partial charge on any atom is -0.329 e. The fourth-order valence-corrected chi connectivity index (χ4v) is 5.95. The molecule has 1 aliphatic carbocycles. The molecule has 0 unspecified atom stereocenters. The number of hydrogen-bond donors (Lipinski definition) is 1. The number of rotatable bonds is 3. The lowest BCUT2D eigenvalue weighted by molar-refractivity contribution is -0.118. The average molecular weight is 500 g/mol. The summed E-state index contributed by atoms with van der Waals surface area (Å²) in [5, 5.41) is 8.68. The summed E-state index contributed by atoms with van der Waals surface area (Å²) in [5.41, 5.74) is 8.62. The molecule has 7 rings (SSSR count). The lowest BCUT2D eigenvalue weighted by Crippen LogP contribution is -2.36. The quantitative estimate of drug-likeness (QED) is 0.295. The molecule has 0 saturated heterocycles. The summed E-state index contributed by atoms with van der Waals surface area (Å²) >= 11 is 0. The Hall–Kier alpha value is -4.45. The van der Waals surface area contributed by atoms with Crippen molar-refractivity contribution in [2.75, 3.05) is 5.32 Å². The standard InChI is InChI=1S/C32H29N5O/c1-20-13-15-21(16-14-20)29-23(19-36(35-29)22-9-5-4-6-10-22)30-28-25(17-32(2,3)18-27(28)38)34-31-33-24-11-7-8-12-26(24)37(30)31/h4-16,19,30H,17-18H2,1-3H3,(H,33,34)/t30-/m0/s1. The van der Waals surface area contributed by atoms with Crippen LogP contribution in [-0.4, -0.2) is 25.1 Å². The molecule has 2 aliphatic rings. The number of anilines is 1. The van der Waals surface area contributed by atoms with E-state index in [4.69, 9.17) is 10.1 Å². The molecule has 6 nitrogen and oxygen atoms in total. The number of benzene rings is 3. The number of hydrogen-bond acceptors (Lipinski definition) is 4. The largest absolute Gasteiger partial charge is 0.329 e. The van der Waals surface area contributed by atoms with Crippen LogP contribution in [0.2, 0.25) is 0 Å². The smallest absolute Gasteiger partial charge is 0.209 e. The Morgan fingerprint density at radius 3 is 2.45 bits per heavy atom. The third kappa shape index (κ3) is 3.59. The number of imidazole rings is 1. The second-order valence-corrected chi connectivity index (χ2v) is 11.2. The van der Waals surface area contributed by atoms with Crippen LogP contribution < -0.4 is 5.32 Å². The van der Waals surface area contributed by atoms with Gasteiger partial charge in [-0.15, -0.1) is 0 Å². The fourth-order valence-electron chi connectivity index (χ4n) is 5.95. The van der Waals surface area contributed by atoms with Crippen LogP contribution in [-0.2, 0) is 4.79 Å². The Morgan fingerprint density at radius 1 is 0.921 bits per heavy atom. The second-order valence-electron chi connectivity index (χ2n) is 11.2. The summed E-state index contributed by atoms with van der Waals surface area (Å²) < 4.78 is 4.12. The Morgan fingerprint density at radius 2 is 1.66 bits per heavy atom. The van der Waals surface area contributed by atoms with Crippen LogP contribution in [0.5, 0.6) is 0 Å². The van der Waals surface area contributed by atoms with Crippen LogP contribution in [0.15, 0.2) is 96.3 Å². The maximum absolute atomic E-state index is 13.9. The van der Waals surface area contributed by atoms with Gasteiger partial charge in [-0.25, -0.2) is 9.67 Å².